The van der Waals surface area contributed by atoms with Crippen molar-refractivity contribution in [2.24, 2.45) is 0 Å². The van der Waals surface area contributed by atoms with Gasteiger partial charge in [0.25, 0.3) is 0 Å². The highest BCUT2D eigenvalue weighted by Crippen LogP contribution is 2.12. The Labute approximate surface area is 65.7 Å². The van der Waals surface area contributed by atoms with E-state index in [0.717, 1.165) is 0 Å². The first-order chi connectivity index (χ1) is 5.27. The van der Waals surface area contributed by atoms with Crippen LogP contribution in [-0.4, -0.2) is 18.2 Å². The highest BCUT2D eigenvalue weighted by atomic mass is 16.6. The molecule has 0 bridgehead atoms. The summed E-state index contributed by atoms with van der Waals surface area (Å²) in [4.78, 5) is 10.7. The van der Waals surface area contributed by atoms with Crippen LogP contribution in [0.1, 0.15) is 6.42 Å². The van der Waals surface area contributed by atoms with E-state index in [1.165, 1.54) is 0 Å². The van der Waals surface area contributed by atoms with Crippen LogP contribution in [0.3, 0.4) is 0 Å². The van der Waals surface area contributed by atoms with Crippen molar-refractivity contribution in [1.82, 2.24) is 5.32 Å². The molecule has 1 rings (SSSR count). The summed E-state index contributed by atoms with van der Waals surface area (Å²) in [5, 5.41) is 2.61. The smallest absolute Gasteiger partial charge is 0.408 e. The monoisotopic (exact) mass is 153 g/mol. The zero-order valence-electron chi connectivity index (χ0n) is 6.25. The molecule has 11 heavy (non-hydrogen) atoms. The molecule has 2 atom stereocenters. The van der Waals surface area contributed by atoms with Crippen LogP contribution in [0.25, 0.3) is 0 Å². The molecule has 0 saturated carbocycles. The quantitative estimate of drug-likeness (QED) is 0.619. The van der Waals surface area contributed by atoms with E-state index in [1.807, 2.05) is 0 Å². The molecule has 1 amide bonds. The van der Waals surface area contributed by atoms with Crippen LogP contribution in [0.2, 0.25) is 0 Å². The van der Waals surface area contributed by atoms with E-state index in [1.54, 1.807) is 12.2 Å². The Kier molecular flexibility index (Phi) is 2.31. The summed E-state index contributed by atoms with van der Waals surface area (Å²) < 4.78 is 4.91. The molecule has 0 unspecified atom stereocenters. The highest BCUT2D eigenvalue weighted by Gasteiger charge is 2.30. The molecular formula is C8H11NO2. The van der Waals surface area contributed by atoms with E-state index in [2.05, 4.69) is 18.5 Å². The summed E-state index contributed by atoms with van der Waals surface area (Å²) in [5.41, 5.74) is 0. The maximum absolute atomic E-state index is 10.7. The molecule has 0 aromatic rings. The van der Waals surface area contributed by atoms with Crippen LogP contribution in [0, 0.1) is 0 Å². The van der Waals surface area contributed by atoms with Gasteiger partial charge in [0.05, 0.1) is 6.04 Å². The molecule has 0 radical (unpaired) electrons. The predicted molar refractivity (Wildman–Crippen MR) is 42.2 cm³/mol. The van der Waals surface area contributed by atoms with Gasteiger partial charge in [-0.2, -0.15) is 0 Å². The number of rotatable bonds is 3. The fourth-order valence-electron chi connectivity index (χ4n) is 1.04. The van der Waals surface area contributed by atoms with Crippen molar-refractivity contribution < 1.29 is 9.53 Å². The van der Waals surface area contributed by atoms with E-state index in [4.69, 9.17) is 4.74 Å². The van der Waals surface area contributed by atoms with Gasteiger partial charge in [-0.05, 0) is 0 Å². The predicted octanol–water partition coefficient (Wildman–Crippen LogP) is 1.23. The van der Waals surface area contributed by atoms with Crippen molar-refractivity contribution in [3.8, 4) is 0 Å². The van der Waals surface area contributed by atoms with Crippen LogP contribution >= 0.6 is 0 Å². The Morgan fingerprint density at radius 1 is 1.64 bits per heavy atom. The van der Waals surface area contributed by atoms with Gasteiger partial charge in [0.15, 0.2) is 0 Å². The van der Waals surface area contributed by atoms with Crippen molar-refractivity contribution >= 4 is 6.09 Å². The molecule has 3 heteroatoms. The molecule has 1 aliphatic heterocycles. The normalized spacial score (nSPS) is 28.9. The molecule has 1 heterocycles. The number of hydrogen-bond acceptors (Lipinski definition) is 2. The minimum absolute atomic E-state index is 0.0690. The fourth-order valence-corrected chi connectivity index (χ4v) is 1.04. The van der Waals surface area contributed by atoms with Crippen molar-refractivity contribution in [2.45, 2.75) is 18.6 Å². The third-order valence-corrected chi connectivity index (χ3v) is 1.60. The lowest BCUT2D eigenvalue weighted by molar-refractivity contribution is 0.137. The molecule has 3 nitrogen and oxygen atoms in total. The van der Waals surface area contributed by atoms with Crippen molar-refractivity contribution in [1.29, 1.82) is 0 Å². The number of nitrogens with one attached hydrogen (secondary N) is 1. The van der Waals surface area contributed by atoms with Crippen LogP contribution in [-0.2, 0) is 4.74 Å². The maximum atomic E-state index is 10.7. The molecule has 1 fully saturated rings. The number of amides is 1. The van der Waals surface area contributed by atoms with Crippen LogP contribution in [0.4, 0.5) is 4.79 Å². The van der Waals surface area contributed by atoms with Gasteiger partial charge in [0.1, 0.15) is 6.10 Å². The van der Waals surface area contributed by atoms with Gasteiger partial charge < -0.3 is 10.1 Å². The summed E-state index contributed by atoms with van der Waals surface area (Å²) >= 11 is 0. The number of ether oxygens (including phenoxy) is 1. The Balaban J connectivity index is 2.56. The lowest BCUT2D eigenvalue weighted by Gasteiger charge is -2.09. The topological polar surface area (TPSA) is 38.3 Å². The number of carbonyl (C=O) groups excluding carboxylic acids is 1. The van der Waals surface area contributed by atoms with Crippen molar-refractivity contribution in [3.05, 3.63) is 25.3 Å². The minimum atomic E-state index is -0.373. The van der Waals surface area contributed by atoms with Gasteiger partial charge in [-0.15, -0.1) is 13.2 Å². The van der Waals surface area contributed by atoms with Gasteiger partial charge in [0, 0.05) is 6.42 Å². The second-order valence-corrected chi connectivity index (χ2v) is 2.37. The average molecular weight is 153 g/mol. The second-order valence-electron chi connectivity index (χ2n) is 2.37. The van der Waals surface area contributed by atoms with E-state index in [0.29, 0.717) is 6.42 Å². The van der Waals surface area contributed by atoms with E-state index in [-0.39, 0.29) is 18.2 Å². The molecule has 0 aromatic heterocycles. The van der Waals surface area contributed by atoms with E-state index >= 15 is 0 Å². The fraction of sp³-hybridized carbons (Fsp3) is 0.375. The first-order valence-electron chi connectivity index (χ1n) is 3.48. The largest absolute Gasteiger partial charge is 0.443 e. The van der Waals surface area contributed by atoms with Crippen LogP contribution in [0.5, 0.6) is 0 Å². The maximum Gasteiger partial charge on any atom is 0.408 e. The molecule has 0 aromatic carbocycles. The summed E-state index contributed by atoms with van der Waals surface area (Å²) in [7, 11) is 0. The van der Waals surface area contributed by atoms with Gasteiger partial charge >= 0.3 is 6.09 Å². The number of hydrogen-bond donors (Lipinski definition) is 1. The SMILES string of the molecule is C=CC[C@H]1OC(=O)N[C@@H]1C=C. The average Bonchev–Trinajstić information content (AvgIpc) is 2.32. The zero-order chi connectivity index (χ0) is 8.27. The summed E-state index contributed by atoms with van der Waals surface area (Å²) in [6.07, 6.45) is 3.55. The summed E-state index contributed by atoms with van der Waals surface area (Å²) in [6.45, 7) is 7.15. The number of alkyl carbamates (subject to hydrolysis) is 1. The molecule has 0 aliphatic carbocycles. The molecule has 1 saturated heterocycles. The van der Waals surface area contributed by atoms with E-state index < -0.39 is 0 Å². The minimum Gasteiger partial charge on any atom is -0.443 e. The van der Waals surface area contributed by atoms with Crippen molar-refractivity contribution in [2.75, 3.05) is 0 Å². The molecular weight excluding hydrogens is 142 g/mol. The third-order valence-electron chi connectivity index (χ3n) is 1.60. The Hall–Kier alpha value is -1.25. The van der Waals surface area contributed by atoms with E-state index in [9.17, 15) is 4.79 Å². The Morgan fingerprint density at radius 2 is 2.36 bits per heavy atom. The first-order valence-corrected chi connectivity index (χ1v) is 3.48. The van der Waals surface area contributed by atoms with Crippen molar-refractivity contribution in [3.63, 3.8) is 0 Å². The molecule has 0 spiro atoms. The van der Waals surface area contributed by atoms with Gasteiger partial charge in [-0.25, -0.2) is 4.79 Å². The summed E-state index contributed by atoms with van der Waals surface area (Å²) in [5.74, 6) is 0. The standard InChI is InChI=1S/C8H11NO2/c1-3-5-7-6(4-2)9-8(10)11-7/h3-4,6-7H,1-2,5H2,(H,9,10)/t6-,7-/m1/s1. The third kappa shape index (κ3) is 1.61. The van der Waals surface area contributed by atoms with Crippen LogP contribution < -0.4 is 5.32 Å². The zero-order valence-corrected chi connectivity index (χ0v) is 6.25. The lowest BCUT2D eigenvalue weighted by atomic mass is 10.1. The molecule has 1 aliphatic rings. The first kappa shape index (κ1) is 7.85. The van der Waals surface area contributed by atoms with Crippen LogP contribution in [0.15, 0.2) is 25.3 Å². The number of cyclic esters (lactones) is 1. The molecule has 60 valence electrons. The van der Waals surface area contributed by atoms with Gasteiger partial charge in [-0.3, -0.25) is 0 Å². The number of carbonyl (C=O) groups is 1. The van der Waals surface area contributed by atoms with Gasteiger partial charge in [0.2, 0.25) is 0 Å². The highest BCUT2D eigenvalue weighted by molar-refractivity contribution is 5.70. The molecule has 1 N–H and O–H groups in total. The Morgan fingerprint density at radius 3 is 2.91 bits per heavy atom. The summed E-state index contributed by atoms with van der Waals surface area (Å²) in [6, 6.07) is -0.0690. The lowest BCUT2D eigenvalue weighted by Crippen LogP contribution is -2.28. The van der Waals surface area contributed by atoms with Gasteiger partial charge in [-0.1, -0.05) is 12.2 Å². The Bertz CT molecular complexity index is 189. The second kappa shape index (κ2) is 3.23.